The Labute approximate surface area is 179 Å². The molecule has 1 amide bonds. The van der Waals surface area contributed by atoms with Crippen molar-refractivity contribution in [2.75, 3.05) is 7.11 Å². The molecule has 3 aromatic rings. The summed E-state index contributed by atoms with van der Waals surface area (Å²) in [6, 6.07) is 19.1. The molecular weight excluding hydrogens is 394 g/mol. The van der Waals surface area contributed by atoms with Gasteiger partial charge in [-0.15, -0.1) is 0 Å². The molecule has 0 saturated carbocycles. The minimum absolute atomic E-state index is 0.0250. The summed E-state index contributed by atoms with van der Waals surface area (Å²) in [4.78, 5) is 27.5. The maximum atomic E-state index is 13.1. The fourth-order valence-corrected chi connectivity index (χ4v) is 3.62. The van der Waals surface area contributed by atoms with Crippen molar-refractivity contribution >= 4 is 17.8 Å². The minimum Gasteiger partial charge on any atom is -0.503 e. The molecule has 0 bridgehead atoms. The van der Waals surface area contributed by atoms with Crippen LogP contribution in [0, 0.1) is 0 Å². The fraction of sp³-hybridized carbons (Fsp3) is 0.120. The van der Waals surface area contributed by atoms with Crippen molar-refractivity contribution in [1.29, 1.82) is 0 Å². The fourth-order valence-electron chi connectivity index (χ4n) is 3.62. The quantitative estimate of drug-likeness (QED) is 0.576. The van der Waals surface area contributed by atoms with E-state index in [9.17, 15) is 14.7 Å². The monoisotopic (exact) mass is 415 g/mol. The number of amides is 1. The average molecular weight is 415 g/mol. The predicted molar refractivity (Wildman–Crippen MR) is 115 cm³/mol. The van der Waals surface area contributed by atoms with Crippen LogP contribution < -0.4 is 4.74 Å². The first-order valence-corrected chi connectivity index (χ1v) is 9.76. The third-order valence-electron chi connectivity index (χ3n) is 5.11. The molecule has 1 atom stereocenters. The number of ether oxygens (including phenoxy) is 1. The molecule has 6 nitrogen and oxygen atoms in total. The number of hydrogen-bond donors (Lipinski definition) is 1. The minimum atomic E-state index is -0.777. The lowest BCUT2D eigenvalue weighted by Gasteiger charge is -2.26. The van der Waals surface area contributed by atoms with Crippen molar-refractivity contribution in [3.8, 4) is 5.75 Å². The predicted octanol–water partition coefficient (Wildman–Crippen LogP) is 4.47. The van der Waals surface area contributed by atoms with Crippen LogP contribution in [-0.2, 0) is 16.1 Å². The SMILES string of the molecule is COc1cccc(C2C(C(=O)/C=C/c3ccccc3)=C(O)C(=O)N2Cc2ccco2)c1. The number of nitrogens with zero attached hydrogens (tertiary/aromatic N) is 1. The zero-order valence-corrected chi connectivity index (χ0v) is 16.9. The number of hydrogen-bond acceptors (Lipinski definition) is 5. The molecule has 31 heavy (non-hydrogen) atoms. The number of rotatable bonds is 7. The molecule has 2 aromatic carbocycles. The number of aliphatic hydroxyl groups is 1. The first-order chi connectivity index (χ1) is 15.1. The van der Waals surface area contributed by atoms with Gasteiger partial charge in [0.2, 0.25) is 0 Å². The molecule has 1 N–H and O–H groups in total. The third kappa shape index (κ3) is 4.14. The van der Waals surface area contributed by atoms with Crippen molar-refractivity contribution in [3.63, 3.8) is 0 Å². The Hall–Kier alpha value is -4.06. The molecule has 0 saturated heterocycles. The lowest BCUT2D eigenvalue weighted by atomic mass is 9.95. The van der Waals surface area contributed by atoms with Crippen LogP contribution in [0.2, 0.25) is 0 Å². The summed E-state index contributed by atoms with van der Waals surface area (Å²) in [7, 11) is 1.54. The molecule has 0 fully saturated rings. The molecular formula is C25H21NO5. The topological polar surface area (TPSA) is 80.0 Å². The van der Waals surface area contributed by atoms with Crippen LogP contribution in [0.25, 0.3) is 6.08 Å². The van der Waals surface area contributed by atoms with E-state index in [4.69, 9.17) is 9.15 Å². The standard InChI is InChI=1S/C25H21NO5/c1-30-19-10-5-9-18(15-19)23-22(21(27)13-12-17-7-3-2-4-8-17)24(28)25(29)26(23)16-20-11-6-14-31-20/h2-15,23,28H,16H2,1H3/b13-12+. The molecule has 1 aromatic heterocycles. The number of carbonyl (C=O) groups is 2. The highest BCUT2D eigenvalue weighted by Crippen LogP contribution is 2.40. The summed E-state index contributed by atoms with van der Waals surface area (Å²) in [6.45, 7) is 0.108. The number of methoxy groups -OCH3 is 1. The van der Waals surface area contributed by atoms with Gasteiger partial charge >= 0.3 is 0 Å². The van der Waals surface area contributed by atoms with Gasteiger partial charge in [0.15, 0.2) is 11.5 Å². The van der Waals surface area contributed by atoms with Crippen LogP contribution in [-0.4, -0.2) is 28.8 Å². The second-order valence-corrected chi connectivity index (χ2v) is 7.06. The van der Waals surface area contributed by atoms with Crippen LogP contribution in [0.4, 0.5) is 0 Å². The number of aliphatic hydroxyl groups excluding tert-OH is 1. The van der Waals surface area contributed by atoms with Gasteiger partial charge in [-0.1, -0.05) is 48.5 Å². The first kappa shape index (κ1) is 20.2. The van der Waals surface area contributed by atoms with E-state index in [1.807, 2.05) is 30.3 Å². The molecule has 2 heterocycles. The van der Waals surface area contributed by atoms with E-state index in [0.717, 1.165) is 5.56 Å². The van der Waals surface area contributed by atoms with Crippen molar-refractivity contribution < 1.29 is 23.8 Å². The van der Waals surface area contributed by atoms with Gasteiger partial charge in [0.25, 0.3) is 5.91 Å². The lowest BCUT2D eigenvalue weighted by Crippen LogP contribution is -2.30. The molecule has 0 radical (unpaired) electrons. The first-order valence-electron chi connectivity index (χ1n) is 9.76. The van der Waals surface area contributed by atoms with Gasteiger partial charge in [-0.25, -0.2) is 0 Å². The van der Waals surface area contributed by atoms with Crippen molar-refractivity contribution in [1.82, 2.24) is 4.90 Å². The highest BCUT2D eigenvalue weighted by molar-refractivity contribution is 6.14. The molecule has 4 rings (SSSR count). The number of benzene rings is 2. The number of carbonyl (C=O) groups excluding carboxylic acids is 2. The summed E-state index contributed by atoms with van der Waals surface area (Å²) < 4.78 is 10.7. The Balaban J connectivity index is 1.73. The number of ketones is 1. The van der Waals surface area contributed by atoms with Gasteiger partial charge in [0, 0.05) is 0 Å². The van der Waals surface area contributed by atoms with E-state index in [1.165, 1.54) is 17.2 Å². The summed E-state index contributed by atoms with van der Waals surface area (Å²) in [5, 5.41) is 10.7. The molecule has 1 unspecified atom stereocenters. The second-order valence-electron chi connectivity index (χ2n) is 7.06. The zero-order valence-electron chi connectivity index (χ0n) is 16.9. The maximum absolute atomic E-state index is 13.1. The normalized spacial score (nSPS) is 16.4. The van der Waals surface area contributed by atoms with Crippen LogP contribution in [0.3, 0.4) is 0 Å². The van der Waals surface area contributed by atoms with Gasteiger partial charge in [0.1, 0.15) is 11.5 Å². The van der Waals surface area contributed by atoms with Gasteiger partial charge < -0.3 is 19.2 Å². The Morgan fingerprint density at radius 1 is 1.13 bits per heavy atom. The van der Waals surface area contributed by atoms with E-state index in [2.05, 4.69) is 0 Å². The van der Waals surface area contributed by atoms with E-state index >= 15 is 0 Å². The summed E-state index contributed by atoms with van der Waals surface area (Å²) in [6.07, 6.45) is 4.54. The maximum Gasteiger partial charge on any atom is 0.290 e. The van der Waals surface area contributed by atoms with Gasteiger partial charge in [-0.05, 0) is 41.5 Å². The smallest absolute Gasteiger partial charge is 0.290 e. The summed E-state index contributed by atoms with van der Waals surface area (Å²) >= 11 is 0. The number of furan rings is 1. The largest absolute Gasteiger partial charge is 0.503 e. The Bertz CT molecular complexity index is 1150. The molecule has 156 valence electrons. The zero-order chi connectivity index (χ0) is 21.8. The number of allylic oxidation sites excluding steroid dienone is 1. The average Bonchev–Trinajstić information content (AvgIpc) is 3.40. The van der Waals surface area contributed by atoms with Gasteiger partial charge in [-0.2, -0.15) is 0 Å². The summed E-state index contributed by atoms with van der Waals surface area (Å²) in [5.41, 5.74) is 1.52. The molecule has 6 heteroatoms. The van der Waals surface area contributed by atoms with Crippen LogP contribution in [0.1, 0.15) is 22.9 Å². The van der Waals surface area contributed by atoms with Crippen LogP contribution >= 0.6 is 0 Å². The Morgan fingerprint density at radius 3 is 2.65 bits per heavy atom. The van der Waals surface area contributed by atoms with Crippen molar-refractivity contribution in [2.24, 2.45) is 0 Å². The van der Waals surface area contributed by atoms with Crippen molar-refractivity contribution in [3.05, 3.63) is 107 Å². The molecule has 0 aliphatic carbocycles. The Morgan fingerprint density at radius 2 is 1.94 bits per heavy atom. The van der Waals surface area contributed by atoms with Gasteiger partial charge in [-0.3, -0.25) is 9.59 Å². The summed E-state index contributed by atoms with van der Waals surface area (Å²) in [5.74, 6) is -0.490. The van der Waals surface area contributed by atoms with Crippen molar-refractivity contribution in [2.45, 2.75) is 12.6 Å². The molecule has 0 spiro atoms. The van der Waals surface area contributed by atoms with Crippen LogP contribution in [0.15, 0.2) is 94.8 Å². The van der Waals surface area contributed by atoms with Crippen LogP contribution in [0.5, 0.6) is 5.75 Å². The van der Waals surface area contributed by atoms with E-state index in [-0.39, 0.29) is 12.1 Å². The van der Waals surface area contributed by atoms with E-state index < -0.39 is 23.5 Å². The Kier molecular flexibility index (Phi) is 5.71. The highest BCUT2D eigenvalue weighted by atomic mass is 16.5. The highest BCUT2D eigenvalue weighted by Gasteiger charge is 2.43. The lowest BCUT2D eigenvalue weighted by molar-refractivity contribution is -0.130. The van der Waals surface area contributed by atoms with Gasteiger partial charge in [0.05, 0.1) is 31.5 Å². The van der Waals surface area contributed by atoms with E-state index in [0.29, 0.717) is 17.1 Å². The second kappa shape index (κ2) is 8.75. The molecule has 1 aliphatic heterocycles. The van der Waals surface area contributed by atoms with E-state index in [1.54, 1.807) is 49.6 Å². The molecule has 1 aliphatic rings. The third-order valence-corrected chi connectivity index (χ3v) is 5.11.